The van der Waals surface area contributed by atoms with Crippen LogP contribution in [0.25, 0.3) is 0 Å². The van der Waals surface area contributed by atoms with Gasteiger partial charge in [-0.15, -0.1) is 0 Å². The summed E-state index contributed by atoms with van der Waals surface area (Å²) >= 11 is 5.72. The third-order valence-electron chi connectivity index (χ3n) is 2.82. The van der Waals surface area contributed by atoms with Gasteiger partial charge in [-0.05, 0) is 30.3 Å². The first-order valence-corrected chi connectivity index (χ1v) is 6.34. The first kappa shape index (κ1) is 15.2. The third-order valence-corrected chi connectivity index (χ3v) is 3.06. The largest absolute Gasteiger partial charge is 0.488 e. The van der Waals surface area contributed by atoms with E-state index in [2.05, 4.69) is 0 Å². The number of benzene rings is 2. The van der Waals surface area contributed by atoms with Crippen molar-refractivity contribution in [2.24, 2.45) is 0 Å². The summed E-state index contributed by atoms with van der Waals surface area (Å²) in [6.45, 7) is -0.484. The zero-order valence-electron chi connectivity index (χ0n) is 10.8. The lowest BCUT2D eigenvalue weighted by Crippen LogP contribution is -2.02. The minimum absolute atomic E-state index is 0.0912. The van der Waals surface area contributed by atoms with Gasteiger partial charge >= 0.3 is 0 Å². The van der Waals surface area contributed by atoms with E-state index in [1.165, 1.54) is 30.3 Å². The van der Waals surface area contributed by atoms with Crippen molar-refractivity contribution >= 4 is 17.3 Å². The van der Waals surface area contributed by atoms with E-state index in [1.54, 1.807) is 0 Å². The molecule has 0 aliphatic rings. The van der Waals surface area contributed by atoms with Gasteiger partial charge in [0, 0.05) is 16.7 Å². The van der Waals surface area contributed by atoms with Crippen LogP contribution in [0.2, 0.25) is 5.02 Å². The highest BCUT2D eigenvalue weighted by Gasteiger charge is 2.15. The highest BCUT2D eigenvalue weighted by molar-refractivity contribution is 6.30. The summed E-state index contributed by atoms with van der Waals surface area (Å²) in [5.41, 5.74) is 0.444. The van der Waals surface area contributed by atoms with Crippen LogP contribution in [0.15, 0.2) is 36.4 Å². The van der Waals surface area contributed by atoms with Crippen molar-refractivity contribution in [3.8, 4) is 5.75 Å². The zero-order valence-corrected chi connectivity index (χ0v) is 11.5. The lowest BCUT2D eigenvalue weighted by Gasteiger charge is -2.10. The quantitative estimate of drug-likeness (QED) is 0.678. The summed E-state index contributed by atoms with van der Waals surface area (Å²) in [6, 6.07) is 7.93. The number of rotatable bonds is 5. The second-order valence-corrected chi connectivity index (χ2v) is 4.67. The summed E-state index contributed by atoms with van der Waals surface area (Å²) in [4.78, 5) is 10.4. The van der Waals surface area contributed by atoms with E-state index in [1.807, 2.05) is 0 Å². The number of hydrogen-bond acceptors (Lipinski definition) is 4. The normalized spacial score (nSPS) is 10.4. The fraction of sp³-hybridized carbons (Fsp3) is 0.143. The Hall–Kier alpha value is -2.18. The number of halogens is 2. The molecule has 0 amide bonds. The van der Waals surface area contributed by atoms with Crippen LogP contribution in [0.3, 0.4) is 0 Å². The summed E-state index contributed by atoms with van der Waals surface area (Å²) in [5.74, 6) is -0.230. The van der Waals surface area contributed by atoms with Crippen molar-refractivity contribution in [3.05, 3.63) is 68.5 Å². The van der Waals surface area contributed by atoms with Crippen LogP contribution >= 0.6 is 11.6 Å². The van der Waals surface area contributed by atoms with E-state index >= 15 is 0 Å². The Kier molecular flexibility index (Phi) is 4.72. The fourth-order valence-corrected chi connectivity index (χ4v) is 1.96. The number of aliphatic hydroxyl groups is 1. The molecule has 0 unspecified atom stereocenters. The average molecular weight is 312 g/mol. The van der Waals surface area contributed by atoms with Gasteiger partial charge in [0.15, 0.2) is 0 Å². The Morgan fingerprint density at radius 2 is 2.00 bits per heavy atom. The molecule has 2 aromatic rings. The number of nitro groups is 1. The maximum atomic E-state index is 13.0. The van der Waals surface area contributed by atoms with Crippen molar-refractivity contribution in [1.29, 1.82) is 0 Å². The molecule has 0 heterocycles. The Morgan fingerprint density at radius 1 is 1.24 bits per heavy atom. The van der Waals surface area contributed by atoms with Crippen molar-refractivity contribution in [2.75, 3.05) is 0 Å². The van der Waals surface area contributed by atoms with Gasteiger partial charge in [-0.3, -0.25) is 10.1 Å². The maximum absolute atomic E-state index is 13.0. The number of hydrogen-bond donors (Lipinski definition) is 1. The predicted molar refractivity (Wildman–Crippen MR) is 74.8 cm³/mol. The van der Waals surface area contributed by atoms with Gasteiger partial charge in [0.1, 0.15) is 18.2 Å². The molecule has 21 heavy (non-hydrogen) atoms. The Labute approximate surface area is 124 Å². The molecule has 7 heteroatoms. The fourth-order valence-electron chi connectivity index (χ4n) is 1.80. The minimum Gasteiger partial charge on any atom is -0.488 e. The third kappa shape index (κ3) is 3.68. The smallest absolute Gasteiger partial charge is 0.277 e. The van der Waals surface area contributed by atoms with E-state index < -0.39 is 17.3 Å². The SMILES string of the molecule is O=[N+]([O-])c1cc(Cl)ccc1COc1ccc(F)cc1CO. The van der Waals surface area contributed by atoms with Crippen LogP contribution in [0, 0.1) is 15.9 Å². The topological polar surface area (TPSA) is 72.6 Å². The molecule has 0 saturated carbocycles. The molecular formula is C14H11ClFNO4. The van der Waals surface area contributed by atoms with Gasteiger partial charge in [-0.1, -0.05) is 11.6 Å². The van der Waals surface area contributed by atoms with E-state index in [4.69, 9.17) is 21.4 Å². The molecule has 5 nitrogen and oxygen atoms in total. The van der Waals surface area contributed by atoms with Crippen LogP contribution in [-0.4, -0.2) is 10.0 Å². The van der Waals surface area contributed by atoms with Gasteiger partial charge in [0.2, 0.25) is 0 Å². The van der Waals surface area contributed by atoms with E-state index in [0.29, 0.717) is 5.56 Å². The molecule has 0 radical (unpaired) electrons. The van der Waals surface area contributed by atoms with Gasteiger partial charge in [-0.25, -0.2) is 4.39 Å². The molecule has 0 aliphatic carbocycles. The Morgan fingerprint density at radius 3 is 2.67 bits per heavy atom. The molecule has 110 valence electrons. The number of nitrogens with zero attached hydrogens (tertiary/aromatic N) is 1. The molecule has 0 bridgehead atoms. The van der Waals surface area contributed by atoms with E-state index in [-0.39, 0.29) is 28.6 Å². The van der Waals surface area contributed by atoms with Gasteiger partial charge < -0.3 is 9.84 Å². The molecule has 1 N–H and O–H groups in total. The molecule has 0 aliphatic heterocycles. The van der Waals surface area contributed by atoms with Crippen LogP contribution in [0.1, 0.15) is 11.1 Å². The predicted octanol–water partition coefficient (Wildman–Crippen LogP) is 3.46. The number of nitro benzene ring substituents is 1. The van der Waals surface area contributed by atoms with Gasteiger partial charge in [0.05, 0.1) is 17.1 Å². The molecule has 0 fully saturated rings. The maximum Gasteiger partial charge on any atom is 0.277 e. The van der Waals surface area contributed by atoms with Crippen LogP contribution in [-0.2, 0) is 13.2 Å². The second kappa shape index (κ2) is 6.51. The molecule has 0 aromatic heterocycles. The lowest BCUT2D eigenvalue weighted by atomic mass is 10.2. The number of aliphatic hydroxyl groups excluding tert-OH is 1. The van der Waals surface area contributed by atoms with Crippen LogP contribution in [0.5, 0.6) is 5.75 Å². The van der Waals surface area contributed by atoms with Crippen molar-refractivity contribution in [1.82, 2.24) is 0 Å². The molecule has 2 aromatic carbocycles. The van der Waals surface area contributed by atoms with Crippen LogP contribution in [0.4, 0.5) is 10.1 Å². The molecular weight excluding hydrogens is 301 g/mol. The van der Waals surface area contributed by atoms with Crippen LogP contribution < -0.4 is 4.74 Å². The van der Waals surface area contributed by atoms with Crippen molar-refractivity contribution < 1.29 is 19.2 Å². The number of ether oxygens (including phenoxy) is 1. The Bertz CT molecular complexity index is 678. The molecule has 2 rings (SSSR count). The molecule has 0 saturated heterocycles. The first-order valence-electron chi connectivity index (χ1n) is 5.96. The van der Waals surface area contributed by atoms with E-state index in [9.17, 15) is 14.5 Å². The highest BCUT2D eigenvalue weighted by atomic mass is 35.5. The lowest BCUT2D eigenvalue weighted by molar-refractivity contribution is -0.385. The second-order valence-electron chi connectivity index (χ2n) is 4.23. The summed E-state index contributed by atoms with van der Waals surface area (Å²) < 4.78 is 18.5. The summed E-state index contributed by atoms with van der Waals surface area (Å²) in [6.07, 6.45) is 0. The standard InChI is InChI=1S/C14H11ClFNO4/c15-11-2-1-9(13(6-11)17(19)20)8-21-14-4-3-12(16)5-10(14)7-18/h1-6,18H,7-8H2. The first-order chi connectivity index (χ1) is 10.0. The van der Waals surface area contributed by atoms with E-state index in [0.717, 1.165) is 6.07 Å². The minimum atomic E-state index is -0.553. The highest BCUT2D eigenvalue weighted by Crippen LogP contribution is 2.26. The molecule has 0 atom stereocenters. The average Bonchev–Trinajstić information content (AvgIpc) is 2.46. The zero-order chi connectivity index (χ0) is 15.4. The van der Waals surface area contributed by atoms with Crippen molar-refractivity contribution in [2.45, 2.75) is 13.2 Å². The van der Waals surface area contributed by atoms with Gasteiger partial charge in [0.25, 0.3) is 5.69 Å². The molecule has 0 spiro atoms. The van der Waals surface area contributed by atoms with Gasteiger partial charge in [-0.2, -0.15) is 0 Å². The summed E-state index contributed by atoms with van der Waals surface area (Å²) in [5, 5.41) is 20.4. The Balaban J connectivity index is 2.22. The summed E-state index contributed by atoms with van der Waals surface area (Å²) in [7, 11) is 0. The van der Waals surface area contributed by atoms with Crippen molar-refractivity contribution in [3.63, 3.8) is 0 Å². The monoisotopic (exact) mass is 311 g/mol.